The summed E-state index contributed by atoms with van der Waals surface area (Å²) in [6.45, 7) is 0.991. The molecule has 1 atom stereocenters. The van der Waals surface area contributed by atoms with E-state index in [1.807, 2.05) is 48.5 Å². The number of rotatable bonds is 4. The van der Waals surface area contributed by atoms with E-state index in [1.54, 1.807) is 7.11 Å². The summed E-state index contributed by atoms with van der Waals surface area (Å²) in [5.41, 5.74) is 2.52. The first kappa shape index (κ1) is 13.9. The smallest absolute Gasteiger partial charge is 0.119 e. The van der Waals surface area contributed by atoms with Crippen LogP contribution in [0.1, 0.15) is 11.1 Å². The normalized spacial score (nSPS) is 20.7. The van der Waals surface area contributed by atoms with Gasteiger partial charge in [0, 0.05) is 5.69 Å². The van der Waals surface area contributed by atoms with Crippen molar-refractivity contribution >= 4 is 5.69 Å². The molecule has 1 aliphatic heterocycles. The van der Waals surface area contributed by atoms with E-state index in [2.05, 4.69) is 5.32 Å². The van der Waals surface area contributed by atoms with Crippen LogP contribution in [0.3, 0.4) is 0 Å². The zero-order chi connectivity index (χ0) is 14.7. The van der Waals surface area contributed by atoms with E-state index in [9.17, 15) is 5.11 Å². The summed E-state index contributed by atoms with van der Waals surface area (Å²) in [6.07, 6.45) is 0. The number of aliphatic hydroxyl groups excluding tert-OH is 1. The van der Waals surface area contributed by atoms with Gasteiger partial charge in [-0.3, -0.25) is 0 Å². The third-order valence-electron chi connectivity index (χ3n) is 3.88. The first-order valence-corrected chi connectivity index (χ1v) is 6.97. The number of fused-ring (bicyclic) bond motifs is 1. The lowest BCUT2D eigenvalue weighted by atomic mass is 9.85. The maximum atomic E-state index is 9.98. The Hall–Kier alpha value is -2.04. The Morgan fingerprint density at radius 1 is 1.19 bits per heavy atom. The minimum atomic E-state index is -0.608. The SMILES string of the molecule is COc1ccc(NC2(CO)COCc3ccccc32)cc1. The summed E-state index contributed by atoms with van der Waals surface area (Å²) in [5.74, 6) is 0.805. The van der Waals surface area contributed by atoms with Gasteiger partial charge in [0.1, 0.15) is 11.3 Å². The molecule has 0 amide bonds. The predicted octanol–water partition coefficient (Wildman–Crippen LogP) is 2.53. The molecule has 4 heteroatoms. The van der Waals surface area contributed by atoms with E-state index in [0.717, 1.165) is 22.6 Å². The van der Waals surface area contributed by atoms with Crippen molar-refractivity contribution in [1.82, 2.24) is 0 Å². The first-order valence-electron chi connectivity index (χ1n) is 6.97. The molecule has 1 aliphatic rings. The van der Waals surface area contributed by atoms with Gasteiger partial charge in [0.15, 0.2) is 0 Å². The second kappa shape index (κ2) is 5.76. The molecule has 1 heterocycles. The fourth-order valence-electron chi connectivity index (χ4n) is 2.75. The highest BCUT2D eigenvalue weighted by Gasteiger charge is 2.36. The minimum absolute atomic E-state index is 0.0317. The molecule has 2 aromatic rings. The van der Waals surface area contributed by atoms with Gasteiger partial charge < -0.3 is 19.9 Å². The van der Waals surface area contributed by atoms with Crippen molar-refractivity contribution in [2.45, 2.75) is 12.1 Å². The van der Waals surface area contributed by atoms with Crippen LogP contribution in [0.25, 0.3) is 0 Å². The lowest BCUT2D eigenvalue weighted by Crippen LogP contribution is -2.46. The van der Waals surface area contributed by atoms with E-state index in [4.69, 9.17) is 9.47 Å². The van der Waals surface area contributed by atoms with Crippen LogP contribution in [0.4, 0.5) is 5.69 Å². The lowest BCUT2D eigenvalue weighted by Gasteiger charge is -2.39. The topological polar surface area (TPSA) is 50.7 Å². The van der Waals surface area contributed by atoms with Crippen molar-refractivity contribution < 1.29 is 14.6 Å². The molecule has 0 aliphatic carbocycles. The molecule has 2 aromatic carbocycles. The molecule has 21 heavy (non-hydrogen) atoms. The molecular formula is C17H19NO3. The maximum absolute atomic E-state index is 9.98. The van der Waals surface area contributed by atoms with Crippen LogP contribution in [0.15, 0.2) is 48.5 Å². The van der Waals surface area contributed by atoms with E-state index < -0.39 is 5.54 Å². The summed E-state index contributed by atoms with van der Waals surface area (Å²) >= 11 is 0. The number of anilines is 1. The molecule has 1 unspecified atom stereocenters. The fraction of sp³-hybridized carbons (Fsp3) is 0.294. The number of hydrogen-bond donors (Lipinski definition) is 2. The average Bonchev–Trinajstić information content (AvgIpc) is 2.56. The van der Waals surface area contributed by atoms with Crippen LogP contribution in [0.2, 0.25) is 0 Å². The predicted molar refractivity (Wildman–Crippen MR) is 81.5 cm³/mol. The standard InChI is InChI=1S/C17H19NO3/c1-20-15-8-6-14(7-9-15)18-17(11-19)12-21-10-13-4-2-3-5-16(13)17/h2-9,18-19H,10-12H2,1H3. The second-order valence-electron chi connectivity index (χ2n) is 5.24. The highest BCUT2D eigenvalue weighted by Crippen LogP contribution is 2.33. The van der Waals surface area contributed by atoms with Crippen LogP contribution in [0.5, 0.6) is 5.75 Å². The van der Waals surface area contributed by atoms with Crippen molar-refractivity contribution in [2.75, 3.05) is 25.6 Å². The zero-order valence-corrected chi connectivity index (χ0v) is 12.0. The van der Waals surface area contributed by atoms with Crippen molar-refractivity contribution in [1.29, 1.82) is 0 Å². The number of methoxy groups -OCH3 is 1. The summed E-state index contributed by atoms with van der Waals surface area (Å²) < 4.78 is 10.8. The molecule has 0 saturated carbocycles. The Morgan fingerprint density at radius 2 is 1.95 bits per heavy atom. The highest BCUT2D eigenvalue weighted by molar-refractivity contribution is 5.52. The summed E-state index contributed by atoms with van der Waals surface area (Å²) in [6, 6.07) is 15.7. The van der Waals surface area contributed by atoms with Gasteiger partial charge in [0.25, 0.3) is 0 Å². The quantitative estimate of drug-likeness (QED) is 0.906. The second-order valence-corrected chi connectivity index (χ2v) is 5.24. The number of ether oxygens (including phenoxy) is 2. The van der Waals surface area contributed by atoms with Gasteiger partial charge in [0.2, 0.25) is 0 Å². The molecule has 0 aromatic heterocycles. The molecular weight excluding hydrogens is 266 g/mol. The van der Waals surface area contributed by atoms with Gasteiger partial charge in [-0.2, -0.15) is 0 Å². The van der Waals surface area contributed by atoms with Crippen LogP contribution < -0.4 is 10.1 Å². The first-order chi connectivity index (χ1) is 10.3. The van der Waals surface area contributed by atoms with Crippen LogP contribution >= 0.6 is 0 Å². The van der Waals surface area contributed by atoms with Gasteiger partial charge in [-0.05, 0) is 35.4 Å². The van der Waals surface area contributed by atoms with Gasteiger partial charge in [-0.1, -0.05) is 24.3 Å². The third-order valence-corrected chi connectivity index (χ3v) is 3.88. The van der Waals surface area contributed by atoms with E-state index in [0.29, 0.717) is 13.2 Å². The van der Waals surface area contributed by atoms with Gasteiger partial charge in [-0.25, -0.2) is 0 Å². The van der Waals surface area contributed by atoms with Gasteiger partial charge in [-0.15, -0.1) is 0 Å². The Kier molecular flexibility index (Phi) is 3.82. The number of hydrogen-bond acceptors (Lipinski definition) is 4. The Morgan fingerprint density at radius 3 is 2.67 bits per heavy atom. The van der Waals surface area contributed by atoms with Gasteiger partial charge in [0.05, 0.1) is 26.9 Å². The number of nitrogens with one attached hydrogen (secondary N) is 1. The fourth-order valence-corrected chi connectivity index (χ4v) is 2.75. The molecule has 0 radical (unpaired) electrons. The monoisotopic (exact) mass is 285 g/mol. The van der Waals surface area contributed by atoms with Crippen LogP contribution in [0, 0.1) is 0 Å². The minimum Gasteiger partial charge on any atom is -0.497 e. The Labute approximate surface area is 124 Å². The summed E-state index contributed by atoms with van der Waals surface area (Å²) in [7, 11) is 1.64. The molecule has 0 spiro atoms. The van der Waals surface area contributed by atoms with Crippen molar-refractivity contribution in [2.24, 2.45) is 0 Å². The van der Waals surface area contributed by atoms with Crippen molar-refractivity contribution in [3.8, 4) is 5.75 Å². The van der Waals surface area contributed by atoms with Gasteiger partial charge >= 0.3 is 0 Å². The summed E-state index contributed by atoms with van der Waals surface area (Å²) in [4.78, 5) is 0. The molecule has 0 fully saturated rings. The highest BCUT2D eigenvalue weighted by atomic mass is 16.5. The number of benzene rings is 2. The largest absolute Gasteiger partial charge is 0.497 e. The number of aliphatic hydroxyl groups is 1. The third kappa shape index (κ3) is 2.60. The summed E-state index contributed by atoms with van der Waals surface area (Å²) in [5, 5.41) is 13.4. The molecule has 0 bridgehead atoms. The average molecular weight is 285 g/mol. The van der Waals surface area contributed by atoms with E-state index >= 15 is 0 Å². The molecule has 3 rings (SSSR count). The Bertz CT molecular complexity index is 612. The Balaban J connectivity index is 1.94. The van der Waals surface area contributed by atoms with E-state index in [-0.39, 0.29) is 6.61 Å². The molecule has 2 N–H and O–H groups in total. The van der Waals surface area contributed by atoms with Crippen molar-refractivity contribution in [3.63, 3.8) is 0 Å². The maximum Gasteiger partial charge on any atom is 0.119 e. The zero-order valence-electron chi connectivity index (χ0n) is 12.0. The van der Waals surface area contributed by atoms with Crippen LogP contribution in [-0.2, 0) is 16.9 Å². The lowest BCUT2D eigenvalue weighted by molar-refractivity contribution is 0.0357. The van der Waals surface area contributed by atoms with Crippen LogP contribution in [-0.4, -0.2) is 25.4 Å². The van der Waals surface area contributed by atoms with E-state index in [1.165, 1.54) is 0 Å². The van der Waals surface area contributed by atoms with Crippen molar-refractivity contribution in [3.05, 3.63) is 59.7 Å². The molecule has 4 nitrogen and oxygen atoms in total. The molecule has 110 valence electrons. The molecule has 0 saturated heterocycles.